The lowest BCUT2D eigenvalue weighted by Gasteiger charge is -2.24. The first-order chi connectivity index (χ1) is 8.92. The highest BCUT2D eigenvalue weighted by molar-refractivity contribution is 5.85. The second-order valence-electron chi connectivity index (χ2n) is 5.62. The Kier molecular flexibility index (Phi) is 3.94. The molecule has 1 atom stereocenters. The van der Waals surface area contributed by atoms with E-state index in [4.69, 9.17) is 4.52 Å². The minimum Gasteiger partial charge on any atom is -0.380 e. The van der Waals surface area contributed by atoms with Crippen LogP contribution in [0, 0.1) is 13.8 Å². The molecule has 2 N–H and O–H groups in total. The lowest BCUT2D eigenvalue weighted by molar-refractivity contribution is -0.139. The summed E-state index contributed by atoms with van der Waals surface area (Å²) in [6.45, 7) is 5.70. The maximum Gasteiger partial charge on any atom is 0.252 e. The van der Waals surface area contributed by atoms with Crippen molar-refractivity contribution in [3.63, 3.8) is 0 Å². The van der Waals surface area contributed by atoms with Crippen LogP contribution >= 0.6 is 0 Å². The molecule has 19 heavy (non-hydrogen) atoms. The summed E-state index contributed by atoms with van der Waals surface area (Å²) >= 11 is 0. The van der Waals surface area contributed by atoms with E-state index >= 15 is 0 Å². The number of carbonyl (C=O) groups is 1. The van der Waals surface area contributed by atoms with Crippen molar-refractivity contribution in [2.24, 2.45) is 0 Å². The van der Waals surface area contributed by atoms with E-state index in [0.29, 0.717) is 19.3 Å². The van der Waals surface area contributed by atoms with Crippen LogP contribution in [0.3, 0.4) is 0 Å². The van der Waals surface area contributed by atoms with E-state index in [9.17, 15) is 9.90 Å². The lowest BCUT2D eigenvalue weighted by atomic mass is 9.99. The molecule has 106 valence electrons. The Morgan fingerprint density at radius 3 is 2.63 bits per heavy atom. The predicted molar refractivity (Wildman–Crippen MR) is 70.7 cm³/mol. The Morgan fingerprint density at radius 2 is 2.11 bits per heavy atom. The Balaban J connectivity index is 1.94. The molecule has 1 heterocycles. The fourth-order valence-electron chi connectivity index (χ4n) is 2.70. The zero-order valence-electron chi connectivity index (χ0n) is 11.8. The SMILES string of the molecule is Cc1noc(C)c1CC(C)NC(=O)C1(O)CCCC1. The number of aliphatic hydroxyl groups is 1. The maximum absolute atomic E-state index is 12.1. The average molecular weight is 266 g/mol. The van der Waals surface area contributed by atoms with Crippen molar-refractivity contribution < 1.29 is 14.4 Å². The van der Waals surface area contributed by atoms with Gasteiger partial charge in [-0.05, 0) is 52.9 Å². The molecule has 0 bridgehead atoms. The molecular formula is C14H22N2O3. The molecular weight excluding hydrogens is 244 g/mol. The molecule has 1 aromatic heterocycles. The monoisotopic (exact) mass is 266 g/mol. The van der Waals surface area contributed by atoms with Crippen molar-refractivity contribution in [1.82, 2.24) is 10.5 Å². The van der Waals surface area contributed by atoms with Crippen molar-refractivity contribution in [3.8, 4) is 0 Å². The Hall–Kier alpha value is -1.36. The first kappa shape index (κ1) is 14.1. The Labute approximate surface area is 113 Å². The van der Waals surface area contributed by atoms with Gasteiger partial charge in [0, 0.05) is 11.6 Å². The topological polar surface area (TPSA) is 75.4 Å². The maximum atomic E-state index is 12.1. The van der Waals surface area contributed by atoms with Gasteiger partial charge >= 0.3 is 0 Å². The normalized spacial score (nSPS) is 19.4. The molecule has 0 aliphatic heterocycles. The van der Waals surface area contributed by atoms with E-state index in [1.807, 2.05) is 20.8 Å². The number of hydrogen-bond donors (Lipinski definition) is 2. The van der Waals surface area contributed by atoms with Gasteiger partial charge in [-0.1, -0.05) is 5.16 Å². The first-order valence-corrected chi connectivity index (χ1v) is 6.87. The summed E-state index contributed by atoms with van der Waals surface area (Å²) < 4.78 is 5.11. The highest BCUT2D eigenvalue weighted by atomic mass is 16.5. The summed E-state index contributed by atoms with van der Waals surface area (Å²) in [6, 6.07) is -0.0473. The minimum absolute atomic E-state index is 0.0473. The zero-order chi connectivity index (χ0) is 14.0. The number of nitrogens with zero attached hydrogens (tertiary/aromatic N) is 1. The van der Waals surface area contributed by atoms with E-state index in [-0.39, 0.29) is 11.9 Å². The Bertz CT molecular complexity index is 442. The van der Waals surface area contributed by atoms with Crippen molar-refractivity contribution >= 4 is 5.91 Å². The molecule has 1 unspecified atom stereocenters. The van der Waals surface area contributed by atoms with Crippen molar-refractivity contribution in [1.29, 1.82) is 0 Å². The molecule has 1 aliphatic carbocycles. The number of rotatable bonds is 4. The third-order valence-corrected chi connectivity index (χ3v) is 3.92. The van der Waals surface area contributed by atoms with Crippen LogP contribution in [0.5, 0.6) is 0 Å². The van der Waals surface area contributed by atoms with Crippen LogP contribution in [0.2, 0.25) is 0 Å². The van der Waals surface area contributed by atoms with E-state index < -0.39 is 5.60 Å². The van der Waals surface area contributed by atoms with Crippen molar-refractivity contribution in [3.05, 3.63) is 17.0 Å². The summed E-state index contributed by atoms with van der Waals surface area (Å²) in [5.74, 6) is 0.544. The standard InChI is InChI=1S/C14H22N2O3/c1-9(8-12-10(2)16-19-11(12)3)15-13(17)14(18)6-4-5-7-14/h9,18H,4-8H2,1-3H3,(H,15,17). The lowest BCUT2D eigenvalue weighted by Crippen LogP contribution is -2.48. The quantitative estimate of drug-likeness (QED) is 0.868. The van der Waals surface area contributed by atoms with Gasteiger partial charge in [0.1, 0.15) is 11.4 Å². The van der Waals surface area contributed by atoms with Crippen LogP contribution in [-0.4, -0.2) is 27.8 Å². The first-order valence-electron chi connectivity index (χ1n) is 6.87. The molecule has 1 amide bonds. The summed E-state index contributed by atoms with van der Waals surface area (Å²) in [4.78, 5) is 12.1. The number of aryl methyl sites for hydroxylation is 2. The molecule has 1 saturated carbocycles. The van der Waals surface area contributed by atoms with Gasteiger partial charge < -0.3 is 14.9 Å². The molecule has 0 saturated heterocycles. The fourth-order valence-corrected chi connectivity index (χ4v) is 2.70. The van der Waals surface area contributed by atoms with E-state index in [1.165, 1.54) is 0 Å². The molecule has 5 nitrogen and oxygen atoms in total. The second-order valence-corrected chi connectivity index (χ2v) is 5.62. The predicted octanol–water partition coefficient (Wildman–Crippen LogP) is 1.64. The molecule has 1 fully saturated rings. The molecule has 0 spiro atoms. The molecule has 2 rings (SSSR count). The van der Waals surface area contributed by atoms with Gasteiger partial charge in [-0.2, -0.15) is 0 Å². The van der Waals surface area contributed by atoms with E-state index in [2.05, 4.69) is 10.5 Å². The summed E-state index contributed by atoms with van der Waals surface area (Å²) in [5, 5.41) is 17.0. The van der Waals surface area contributed by atoms with Gasteiger partial charge in [0.15, 0.2) is 0 Å². The van der Waals surface area contributed by atoms with Crippen LogP contribution in [0.4, 0.5) is 0 Å². The number of hydrogen-bond acceptors (Lipinski definition) is 4. The average Bonchev–Trinajstić information content (AvgIpc) is 2.91. The number of carbonyl (C=O) groups excluding carboxylic acids is 1. The van der Waals surface area contributed by atoms with E-state index in [1.54, 1.807) is 0 Å². The van der Waals surface area contributed by atoms with Crippen molar-refractivity contribution in [2.75, 3.05) is 0 Å². The molecule has 0 radical (unpaired) electrons. The number of nitrogens with one attached hydrogen (secondary N) is 1. The van der Waals surface area contributed by atoms with Crippen LogP contribution in [0.1, 0.15) is 49.6 Å². The van der Waals surface area contributed by atoms with Crippen LogP contribution < -0.4 is 5.32 Å². The van der Waals surface area contributed by atoms with Crippen LogP contribution in [0.15, 0.2) is 4.52 Å². The highest BCUT2D eigenvalue weighted by Crippen LogP contribution is 2.29. The summed E-state index contributed by atoms with van der Waals surface area (Å²) in [7, 11) is 0. The second kappa shape index (κ2) is 5.33. The van der Waals surface area contributed by atoms with E-state index in [0.717, 1.165) is 29.9 Å². The number of aromatic nitrogens is 1. The molecule has 1 aromatic rings. The smallest absolute Gasteiger partial charge is 0.252 e. The third-order valence-electron chi connectivity index (χ3n) is 3.92. The van der Waals surface area contributed by atoms with Gasteiger partial charge in [-0.15, -0.1) is 0 Å². The van der Waals surface area contributed by atoms with Crippen molar-refractivity contribution in [2.45, 2.75) is 64.5 Å². The number of amides is 1. The molecule has 0 aromatic carbocycles. The Morgan fingerprint density at radius 1 is 1.47 bits per heavy atom. The van der Waals surface area contributed by atoms with Gasteiger partial charge in [0.25, 0.3) is 5.91 Å². The minimum atomic E-state index is -1.16. The third kappa shape index (κ3) is 2.97. The van der Waals surface area contributed by atoms with Crippen LogP contribution in [0.25, 0.3) is 0 Å². The van der Waals surface area contributed by atoms with Gasteiger partial charge in [-0.25, -0.2) is 0 Å². The molecule has 5 heteroatoms. The molecule has 1 aliphatic rings. The summed E-state index contributed by atoms with van der Waals surface area (Å²) in [6.07, 6.45) is 3.64. The van der Waals surface area contributed by atoms with Gasteiger partial charge in [-0.3, -0.25) is 4.79 Å². The highest BCUT2D eigenvalue weighted by Gasteiger charge is 2.39. The summed E-state index contributed by atoms with van der Waals surface area (Å²) in [5.41, 5.74) is 0.733. The largest absolute Gasteiger partial charge is 0.380 e. The van der Waals surface area contributed by atoms with Gasteiger partial charge in [0.2, 0.25) is 0 Å². The van der Waals surface area contributed by atoms with Crippen LogP contribution in [-0.2, 0) is 11.2 Å². The zero-order valence-corrected chi connectivity index (χ0v) is 11.8. The van der Waals surface area contributed by atoms with Gasteiger partial charge in [0.05, 0.1) is 5.69 Å². The fraction of sp³-hybridized carbons (Fsp3) is 0.714.